The number of amides is 1. The third kappa shape index (κ3) is 6.05. The van der Waals surface area contributed by atoms with Crippen LogP contribution in [-0.4, -0.2) is 83.7 Å². The van der Waals surface area contributed by atoms with Crippen LogP contribution in [0.4, 0.5) is 39.9 Å². The molecule has 2 aromatic heterocycles. The summed E-state index contributed by atoms with van der Waals surface area (Å²) in [6, 6.07) is 0. The van der Waals surface area contributed by atoms with E-state index in [0.717, 1.165) is 37.5 Å². The number of cyclic esters (lactones) is 1. The van der Waals surface area contributed by atoms with E-state index in [-0.39, 0.29) is 18.3 Å². The fraction of sp³-hybridized carbons (Fsp3) is 0.500. The molecule has 0 radical (unpaired) electrons. The van der Waals surface area contributed by atoms with Crippen molar-refractivity contribution < 1.29 is 22.7 Å². The van der Waals surface area contributed by atoms with E-state index < -0.39 is 17.8 Å². The molecule has 14 heteroatoms. The number of rotatable bonds is 8. The van der Waals surface area contributed by atoms with E-state index in [1.165, 1.54) is 22.5 Å². The molecule has 0 bridgehead atoms. The summed E-state index contributed by atoms with van der Waals surface area (Å²) in [5.74, 6) is -0.288. The lowest BCUT2D eigenvalue weighted by atomic mass is 10.3. The van der Waals surface area contributed by atoms with Gasteiger partial charge in [-0.05, 0) is 19.5 Å². The smallest absolute Gasteiger partial charge is 0.418 e. The quantitative estimate of drug-likeness (QED) is 0.532. The highest BCUT2D eigenvalue weighted by Gasteiger charge is 2.35. The molecule has 4 heterocycles. The highest BCUT2D eigenvalue weighted by molar-refractivity contribution is 7.19. The average Bonchev–Trinajstić information content (AvgIpc) is 3.26. The van der Waals surface area contributed by atoms with Crippen LogP contribution >= 0.6 is 11.3 Å². The lowest BCUT2D eigenvalue weighted by Gasteiger charge is -2.31. The largest absolute Gasteiger partial charge is 0.421 e. The van der Waals surface area contributed by atoms with E-state index in [1.54, 1.807) is 12.3 Å². The van der Waals surface area contributed by atoms with E-state index in [9.17, 15) is 18.0 Å². The molecule has 10 nitrogen and oxygen atoms in total. The highest BCUT2D eigenvalue weighted by atomic mass is 32.1. The van der Waals surface area contributed by atoms with Gasteiger partial charge in [-0.3, -0.25) is 0 Å². The second-order valence-corrected chi connectivity index (χ2v) is 8.87. The zero-order valence-corrected chi connectivity index (χ0v) is 19.3. The Morgan fingerprint density at radius 2 is 1.97 bits per heavy atom. The van der Waals surface area contributed by atoms with Gasteiger partial charge < -0.3 is 30.1 Å². The molecular formula is C20H25F3N8O2S. The van der Waals surface area contributed by atoms with Gasteiger partial charge in [-0.1, -0.05) is 11.3 Å². The van der Waals surface area contributed by atoms with Crippen LogP contribution in [0.15, 0.2) is 24.7 Å². The van der Waals surface area contributed by atoms with Gasteiger partial charge in [0.15, 0.2) is 5.13 Å². The molecule has 0 unspecified atom stereocenters. The van der Waals surface area contributed by atoms with Crippen molar-refractivity contribution in [1.82, 2.24) is 24.8 Å². The standard InChI is InChI=1S/C20H25F3N8O2S/c1-29-7-9-30(10-8-29)18-26-13-15(34-18)27-17-25-12-14(20(21,22)23)16(28-17)24-4-2-5-31-6-3-11-33-19(31)32/h3,11-13H,2,4-10H2,1H3,(H2,24,25,27,28). The summed E-state index contributed by atoms with van der Waals surface area (Å²) in [6.45, 7) is 4.52. The molecular weight excluding hydrogens is 473 g/mol. The number of nitrogens with one attached hydrogen (secondary N) is 2. The van der Waals surface area contributed by atoms with Crippen molar-refractivity contribution in [3.8, 4) is 0 Å². The van der Waals surface area contributed by atoms with Gasteiger partial charge in [-0.25, -0.2) is 14.8 Å². The molecule has 2 aliphatic rings. The average molecular weight is 499 g/mol. The molecule has 184 valence electrons. The summed E-state index contributed by atoms with van der Waals surface area (Å²) in [5, 5.41) is 7.16. The Hall–Kier alpha value is -3.13. The number of alkyl halides is 3. The van der Waals surface area contributed by atoms with Gasteiger partial charge in [0.05, 0.1) is 12.5 Å². The van der Waals surface area contributed by atoms with Gasteiger partial charge in [0.2, 0.25) is 5.95 Å². The monoisotopic (exact) mass is 498 g/mol. The lowest BCUT2D eigenvalue weighted by molar-refractivity contribution is -0.137. The second kappa shape index (κ2) is 10.4. The van der Waals surface area contributed by atoms with Crippen LogP contribution in [0.2, 0.25) is 0 Å². The third-order valence-electron chi connectivity index (χ3n) is 5.34. The number of anilines is 4. The number of carbonyl (C=O) groups is 1. The first-order chi connectivity index (χ1) is 16.3. The summed E-state index contributed by atoms with van der Waals surface area (Å²) in [4.78, 5) is 29.8. The van der Waals surface area contributed by atoms with Gasteiger partial charge in [-0.15, -0.1) is 0 Å². The Bertz CT molecular complexity index is 1020. The predicted molar refractivity (Wildman–Crippen MR) is 122 cm³/mol. The normalized spacial score (nSPS) is 17.1. The van der Waals surface area contributed by atoms with E-state index in [2.05, 4.69) is 42.4 Å². The minimum absolute atomic E-state index is 0.0359. The molecule has 2 aliphatic heterocycles. The van der Waals surface area contributed by atoms with Gasteiger partial charge in [0.1, 0.15) is 16.4 Å². The Morgan fingerprint density at radius 3 is 2.71 bits per heavy atom. The van der Waals surface area contributed by atoms with Crippen LogP contribution in [0.3, 0.4) is 0 Å². The molecule has 0 aromatic carbocycles. The van der Waals surface area contributed by atoms with Crippen molar-refractivity contribution in [2.24, 2.45) is 0 Å². The van der Waals surface area contributed by atoms with Crippen molar-refractivity contribution in [3.05, 3.63) is 30.3 Å². The fourth-order valence-electron chi connectivity index (χ4n) is 3.45. The lowest BCUT2D eigenvalue weighted by Crippen LogP contribution is -2.44. The Kier molecular flexibility index (Phi) is 7.36. The zero-order chi connectivity index (χ0) is 24.1. The molecule has 34 heavy (non-hydrogen) atoms. The van der Waals surface area contributed by atoms with Gasteiger partial charge in [-0.2, -0.15) is 18.2 Å². The molecule has 1 fully saturated rings. The van der Waals surface area contributed by atoms with Crippen molar-refractivity contribution >= 4 is 39.3 Å². The van der Waals surface area contributed by atoms with Crippen molar-refractivity contribution in [1.29, 1.82) is 0 Å². The summed E-state index contributed by atoms with van der Waals surface area (Å²) < 4.78 is 45.2. The van der Waals surface area contributed by atoms with Crippen LogP contribution in [0, 0.1) is 0 Å². The fourth-order valence-corrected chi connectivity index (χ4v) is 4.31. The summed E-state index contributed by atoms with van der Waals surface area (Å²) in [7, 11) is 2.07. The van der Waals surface area contributed by atoms with Crippen molar-refractivity contribution in [3.63, 3.8) is 0 Å². The molecule has 2 aromatic rings. The minimum atomic E-state index is -4.61. The summed E-state index contributed by atoms with van der Waals surface area (Å²) >= 11 is 1.40. The second-order valence-electron chi connectivity index (χ2n) is 7.86. The number of nitrogens with zero attached hydrogens (tertiary/aromatic N) is 6. The topological polar surface area (TPSA) is 98.8 Å². The Morgan fingerprint density at radius 1 is 1.18 bits per heavy atom. The van der Waals surface area contributed by atoms with Crippen LogP contribution < -0.4 is 15.5 Å². The van der Waals surface area contributed by atoms with Crippen LogP contribution in [0.1, 0.15) is 12.0 Å². The number of carbonyl (C=O) groups excluding carboxylic acids is 1. The molecule has 1 amide bonds. The predicted octanol–water partition coefficient (Wildman–Crippen LogP) is 3.22. The maximum Gasteiger partial charge on any atom is 0.421 e. The van der Waals surface area contributed by atoms with E-state index in [1.807, 2.05) is 0 Å². The maximum absolute atomic E-state index is 13.5. The van der Waals surface area contributed by atoms with Crippen molar-refractivity contribution in [2.45, 2.75) is 12.6 Å². The molecule has 0 atom stereocenters. The van der Waals surface area contributed by atoms with Gasteiger partial charge in [0, 0.05) is 52.0 Å². The minimum Gasteiger partial charge on any atom is -0.418 e. The van der Waals surface area contributed by atoms with Gasteiger partial charge in [0.25, 0.3) is 0 Å². The zero-order valence-electron chi connectivity index (χ0n) is 18.5. The first-order valence-electron chi connectivity index (χ1n) is 10.7. The molecule has 2 N–H and O–H groups in total. The van der Waals surface area contributed by atoms with E-state index in [4.69, 9.17) is 4.74 Å². The molecule has 0 spiro atoms. The first-order valence-corrected chi connectivity index (χ1v) is 11.6. The van der Waals surface area contributed by atoms with Crippen molar-refractivity contribution in [2.75, 3.05) is 68.4 Å². The number of halogens is 3. The first kappa shape index (κ1) is 24.0. The number of hydrogen-bond acceptors (Lipinski definition) is 10. The number of aromatic nitrogens is 3. The molecule has 0 saturated carbocycles. The van der Waals surface area contributed by atoms with Crippen LogP contribution in [0.5, 0.6) is 0 Å². The molecule has 1 saturated heterocycles. The Balaban J connectivity index is 1.39. The molecule has 4 rings (SSSR count). The summed E-state index contributed by atoms with van der Waals surface area (Å²) in [6.07, 6.45) is 0.711. The van der Waals surface area contributed by atoms with E-state index in [0.29, 0.717) is 24.5 Å². The van der Waals surface area contributed by atoms with Crippen LogP contribution in [-0.2, 0) is 10.9 Å². The maximum atomic E-state index is 13.5. The van der Waals surface area contributed by atoms with Gasteiger partial charge >= 0.3 is 12.3 Å². The SMILES string of the molecule is CN1CCN(c2ncc(Nc3ncc(C(F)(F)F)c(NCCCN4CC=COC4=O)n3)s2)CC1. The number of likely N-dealkylation sites (N-methyl/N-ethyl adjacent to an activating group) is 1. The summed E-state index contributed by atoms with van der Waals surface area (Å²) in [5.41, 5.74) is -0.958. The third-order valence-corrected chi connectivity index (χ3v) is 6.32. The number of ether oxygens (including phenoxy) is 1. The number of piperazine rings is 1. The number of thiazole rings is 1. The molecule has 0 aliphatic carbocycles. The van der Waals surface area contributed by atoms with E-state index >= 15 is 0 Å². The number of hydrogen-bond donors (Lipinski definition) is 2. The van der Waals surface area contributed by atoms with Crippen LogP contribution in [0.25, 0.3) is 0 Å². The Labute approximate surface area is 198 Å². The highest BCUT2D eigenvalue weighted by Crippen LogP contribution is 2.35.